The summed E-state index contributed by atoms with van der Waals surface area (Å²) in [6.07, 6.45) is -3.04. The molecular weight excluding hydrogens is 413 g/mol. The zero-order valence-electron chi connectivity index (χ0n) is 15.1. The van der Waals surface area contributed by atoms with E-state index in [1.807, 2.05) is 20.8 Å². The molecule has 1 fully saturated rings. The average Bonchev–Trinajstić information content (AvgIpc) is 2.46. The molecule has 0 aliphatic carbocycles. The van der Waals surface area contributed by atoms with Crippen molar-refractivity contribution < 1.29 is 22.7 Å². The predicted molar refractivity (Wildman–Crippen MR) is 96.8 cm³/mol. The highest BCUT2D eigenvalue weighted by Gasteiger charge is 2.31. The summed E-state index contributed by atoms with van der Waals surface area (Å²) in [5, 5.41) is 2.87. The summed E-state index contributed by atoms with van der Waals surface area (Å²) in [4.78, 5) is 14.0. The van der Waals surface area contributed by atoms with Crippen LogP contribution in [0.1, 0.15) is 44.7 Å². The molecule has 0 saturated carbocycles. The van der Waals surface area contributed by atoms with E-state index in [1.165, 1.54) is 6.07 Å². The first-order valence-corrected chi connectivity index (χ1v) is 9.31. The van der Waals surface area contributed by atoms with Crippen LogP contribution >= 0.6 is 15.9 Å². The average molecular weight is 437 g/mol. The van der Waals surface area contributed by atoms with Gasteiger partial charge in [-0.2, -0.15) is 13.2 Å². The molecular formula is C18H24BrF3N2O2. The van der Waals surface area contributed by atoms with Gasteiger partial charge in [-0.3, -0.25) is 4.90 Å². The number of alkyl halides is 3. The van der Waals surface area contributed by atoms with Gasteiger partial charge in [0.25, 0.3) is 0 Å². The fraction of sp³-hybridized carbons (Fsp3) is 0.611. The Morgan fingerprint density at radius 3 is 2.62 bits per heavy atom. The number of halogens is 4. The highest BCUT2D eigenvalue weighted by Crippen LogP contribution is 2.32. The van der Waals surface area contributed by atoms with Crippen LogP contribution in [0.5, 0.6) is 0 Å². The Morgan fingerprint density at radius 1 is 1.35 bits per heavy atom. The number of nitrogens with one attached hydrogen (secondary N) is 1. The molecule has 1 aromatic rings. The molecule has 0 unspecified atom stereocenters. The first-order chi connectivity index (χ1) is 11.9. The number of ether oxygens (including phenoxy) is 1. The van der Waals surface area contributed by atoms with Crippen LogP contribution in [-0.2, 0) is 17.5 Å². The highest BCUT2D eigenvalue weighted by molar-refractivity contribution is 9.10. The molecule has 0 spiro atoms. The normalized spacial score (nSPS) is 19.3. The van der Waals surface area contributed by atoms with Crippen molar-refractivity contribution in [1.82, 2.24) is 10.2 Å². The number of hydrogen-bond donors (Lipinski definition) is 1. The van der Waals surface area contributed by atoms with Gasteiger partial charge < -0.3 is 10.1 Å². The largest absolute Gasteiger partial charge is 0.444 e. The molecule has 0 aromatic heterocycles. The van der Waals surface area contributed by atoms with Crippen molar-refractivity contribution >= 4 is 22.0 Å². The van der Waals surface area contributed by atoms with Crippen LogP contribution in [0.4, 0.5) is 18.0 Å². The van der Waals surface area contributed by atoms with Crippen molar-refractivity contribution in [2.75, 3.05) is 13.1 Å². The SMILES string of the molecule is CC(C)(C)OC(=O)N[C@H]1CCCN(Cc2ccc(C(F)(F)F)cc2Br)C1. The Balaban J connectivity index is 1.95. The second-order valence-electron chi connectivity index (χ2n) is 7.52. The lowest BCUT2D eigenvalue weighted by Gasteiger charge is -2.33. The van der Waals surface area contributed by atoms with Crippen LogP contribution in [0, 0.1) is 0 Å². The minimum Gasteiger partial charge on any atom is -0.444 e. The molecule has 1 saturated heterocycles. The maximum atomic E-state index is 12.8. The quantitative estimate of drug-likeness (QED) is 0.727. The van der Waals surface area contributed by atoms with Crippen LogP contribution < -0.4 is 5.32 Å². The van der Waals surface area contributed by atoms with E-state index in [9.17, 15) is 18.0 Å². The number of amides is 1. The van der Waals surface area contributed by atoms with E-state index in [0.29, 0.717) is 17.6 Å². The van der Waals surface area contributed by atoms with E-state index in [2.05, 4.69) is 26.1 Å². The highest BCUT2D eigenvalue weighted by atomic mass is 79.9. The lowest BCUT2D eigenvalue weighted by atomic mass is 10.0. The van der Waals surface area contributed by atoms with Crippen LogP contribution in [0.2, 0.25) is 0 Å². The number of piperidine rings is 1. The van der Waals surface area contributed by atoms with Gasteiger partial charge in [-0.1, -0.05) is 22.0 Å². The van der Waals surface area contributed by atoms with Crippen LogP contribution in [-0.4, -0.2) is 35.7 Å². The molecule has 0 radical (unpaired) electrons. The fourth-order valence-corrected chi connectivity index (χ4v) is 3.39. The smallest absolute Gasteiger partial charge is 0.416 e. The van der Waals surface area contributed by atoms with Gasteiger partial charge in [0.2, 0.25) is 0 Å². The van der Waals surface area contributed by atoms with Gasteiger partial charge >= 0.3 is 12.3 Å². The van der Waals surface area contributed by atoms with Gasteiger partial charge in [-0.25, -0.2) is 4.79 Å². The number of carbonyl (C=O) groups is 1. The van der Waals surface area contributed by atoms with Gasteiger partial charge in [0, 0.05) is 23.6 Å². The molecule has 1 atom stereocenters. The van der Waals surface area contributed by atoms with E-state index in [-0.39, 0.29) is 6.04 Å². The molecule has 2 rings (SSSR count). The Bertz CT molecular complexity index is 644. The van der Waals surface area contributed by atoms with Gasteiger partial charge in [-0.15, -0.1) is 0 Å². The Kier molecular flexibility index (Phi) is 6.60. The number of hydrogen-bond acceptors (Lipinski definition) is 3. The van der Waals surface area contributed by atoms with Gasteiger partial charge in [0.1, 0.15) is 5.60 Å². The second kappa shape index (κ2) is 8.17. The van der Waals surface area contributed by atoms with Crippen LogP contribution in [0.3, 0.4) is 0 Å². The molecule has 26 heavy (non-hydrogen) atoms. The molecule has 8 heteroatoms. The van der Waals surface area contributed by atoms with Crippen molar-refractivity contribution in [1.29, 1.82) is 0 Å². The predicted octanol–water partition coefficient (Wildman–Crippen LogP) is 4.96. The van der Waals surface area contributed by atoms with Crippen molar-refractivity contribution in [3.8, 4) is 0 Å². The molecule has 1 amide bonds. The molecule has 146 valence electrons. The third-order valence-electron chi connectivity index (χ3n) is 4.00. The Morgan fingerprint density at radius 2 is 2.04 bits per heavy atom. The minimum absolute atomic E-state index is 0.0353. The third kappa shape index (κ3) is 6.46. The number of likely N-dealkylation sites (tertiary alicyclic amines) is 1. The summed E-state index contributed by atoms with van der Waals surface area (Å²) in [6.45, 7) is 7.41. The first-order valence-electron chi connectivity index (χ1n) is 8.51. The summed E-state index contributed by atoms with van der Waals surface area (Å²) in [6, 6.07) is 3.67. The van der Waals surface area contributed by atoms with Crippen molar-refractivity contribution in [3.63, 3.8) is 0 Å². The monoisotopic (exact) mass is 436 g/mol. The van der Waals surface area contributed by atoms with E-state index in [4.69, 9.17) is 4.74 Å². The van der Waals surface area contributed by atoms with Crippen molar-refractivity contribution in [2.45, 2.75) is 58.0 Å². The first kappa shape index (κ1) is 21.0. The molecule has 1 aliphatic heterocycles. The summed E-state index contributed by atoms with van der Waals surface area (Å²) in [5.74, 6) is 0. The fourth-order valence-electron chi connectivity index (χ4n) is 2.88. The van der Waals surface area contributed by atoms with Crippen LogP contribution in [0.25, 0.3) is 0 Å². The number of benzene rings is 1. The Hall–Kier alpha value is -1.28. The lowest BCUT2D eigenvalue weighted by molar-refractivity contribution is -0.137. The summed E-state index contributed by atoms with van der Waals surface area (Å²) < 4.78 is 44.0. The van der Waals surface area contributed by atoms with E-state index in [0.717, 1.165) is 37.1 Å². The molecule has 1 aromatic carbocycles. The van der Waals surface area contributed by atoms with Crippen molar-refractivity contribution in [2.24, 2.45) is 0 Å². The lowest BCUT2D eigenvalue weighted by Crippen LogP contribution is -2.48. The van der Waals surface area contributed by atoms with Crippen molar-refractivity contribution in [3.05, 3.63) is 33.8 Å². The molecule has 4 nitrogen and oxygen atoms in total. The number of nitrogens with zero attached hydrogens (tertiary/aromatic N) is 1. The second-order valence-corrected chi connectivity index (χ2v) is 8.38. The zero-order valence-corrected chi connectivity index (χ0v) is 16.7. The van der Waals surface area contributed by atoms with E-state index < -0.39 is 23.4 Å². The van der Waals surface area contributed by atoms with Gasteiger partial charge in [0.05, 0.1) is 5.56 Å². The summed E-state index contributed by atoms with van der Waals surface area (Å²) in [7, 11) is 0. The Labute approximate surface area is 160 Å². The standard InChI is InChI=1S/C18H24BrF3N2O2/c1-17(2,3)26-16(25)23-14-5-4-8-24(11-14)10-12-6-7-13(9-15(12)19)18(20,21)22/h6-7,9,14H,4-5,8,10-11H2,1-3H3,(H,23,25)/t14-/m0/s1. The van der Waals surface area contributed by atoms with E-state index in [1.54, 1.807) is 0 Å². The number of carbonyl (C=O) groups excluding carboxylic acids is 1. The minimum atomic E-state index is -4.35. The summed E-state index contributed by atoms with van der Waals surface area (Å²) in [5.41, 5.74) is -0.434. The summed E-state index contributed by atoms with van der Waals surface area (Å²) >= 11 is 3.24. The van der Waals surface area contributed by atoms with Gasteiger partial charge in [0.15, 0.2) is 0 Å². The molecule has 1 heterocycles. The molecule has 1 aliphatic rings. The molecule has 1 N–H and O–H groups in total. The maximum absolute atomic E-state index is 12.8. The number of rotatable bonds is 3. The van der Waals surface area contributed by atoms with Gasteiger partial charge in [-0.05, 0) is 57.9 Å². The topological polar surface area (TPSA) is 41.6 Å². The number of alkyl carbamates (subject to hydrolysis) is 1. The van der Waals surface area contributed by atoms with Crippen LogP contribution in [0.15, 0.2) is 22.7 Å². The maximum Gasteiger partial charge on any atom is 0.416 e. The zero-order chi connectivity index (χ0) is 19.5. The van der Waals surface area contributed by atoms with E-state index >= 15 is 0 Å². The third-order valence-corrected chi connectivity index (χ3v) is 4.74. The molecule has 0 bridgehead atoms.